The van der Waals surface area contributed by atoms with Crippen molar-refractivity contribution >= 4 is 31.9 Å². The van der Waals surface area contributed by atoms with Crippen LogP contribution in [0.4, 0.5) is 0 Å². The largest absolute Gasteiger partial charge is 0.487 e. The Morgan fingerprint density at radius 3 is 2.65 bits per heavy atom. The molecule has 1 aromatic heterocycles. The van der Waals surface area contributed by atoms with Gasteiger partial charge in [0.05, 0.1) is 5.69 Å². The van der Waals surface area contributed by atoms with E-state index in [9.17, 15) is 0 Å². The molecule has 0 atom stereocenters. The molecule has 106 valence electrons. The van der Waals surface area contributed by atoms with Crippen molar-refractivity contribution in [3.63, 3.8) is 0 Å². The van der Waals surface area contributed by atoms with Gasteiger partial charge in [0.25, 0.3) is 0 Å². The second-order valence-corrected chi connectivity index (χ2v) is 6.34. The maximum atomic E-state index is 5.95. The molecule has 0 aliphatic carbocycles. The van der Waals surface area contributed by atoms with E-state index in [1.807, 2.05) is 25.1 Å². The third kappa shape index (κ3) is 4.04. The summed E-state index contributed by atoms with van der Waals surface area (Å²) in [6.45, 7) is 3.09. The van der Waals surface area contributed by atoms with Gasteiger partial charge in [-0.25, -0.2) is 0 Å². The van der Waals surface area contributed by atoms with Crippen molar-refractivity contribution in [2.24, 2.45) is 5.73 Å². The summed E-state index contributed by atoms with van der Waals surface area (Å²) < 4.78 is 7.96. The SMILES string of the molecule is Cc1cc(Br)cc(CCN)c1OCc1ccc(Br)cn1. The number of aryl methyl sites for hydroxylation is 1. The summed E-state index contributed by atoms with van der Waals surface area (Å²) in [5.74, 6) is 0.906. The zero-order valence-corrected chi connectivity index (χ0v) is 14.4. The van der Waals surface area contributed by atoms with E-state index in [1.165, 1.54) is 0 Å². The van der Waals surface area contributed by atoms with Crippen molar-refractivity contribution < 1.29 is 4.74 Å². The summed E-state index contributed by atoms with van der Waals surface area (Å²) >= 11 is 6.88. The summed E-state index contributed by atoms with van der Waals surface area (Å²) in [4.78, 5) is 4.31. The number of hydrogen-bond donors (Lipinski definition) is 1. The number of nitrogens with two attached hydrogens (primary N) is 1. The normalized spacial score (nSPS) is 10.6. The number of halogens is 2. The molecule has 2 aromatic rings. The van der Waals surface area contributed by atoms with Gasteiger partial charge < -0.3 is 10.5 Å². The average Bonchev–Trinajstić information content (AvgIpc) is 2.40. The smallest absolute Gasteiger partial charge is 0.130 e. The topological polar surface area (TPSA) is 48.1 Å². The second kappa shape index (κ2) is 7.20. The molecule has 0 spiro atoms. The highest BCUT2D eigenvalue weighted by Gasteiger charge is 2.09. The van der Waals surface area contributed by atoms with Gasteiger partial charge in [-0.15, -0.1) is 0 Å². The maximum Gasteiger partial charge on any atom is 0.130 e. The number of aromatic nitrogens is 1. The number of nitrogens with zero attached hydrogens (tertiary/aromatic N) is 1. The summed E-state index contributed by atoms with van der Waals surface area (Å²) in [7, 11) is 0. The molecule has 0 fully saturated rings. The van der Waals surface area contributed by atoms with Crippen molar-refractivity contribution in [3.8, 4) is 5.75 Å². The molecule has 1 aromatic carbocycles. The van der Waals surface area contributed by atoms with Crippen LogP contribution in [0.1, 0.15) is 16.8 Å². The van der Waals surface area contributed by atoms with Gasteiger partial charge in [0.1, 0.15) is 12.4 Å². The van der Waals surface area contributed by atoms with Crippen LogP contribution in [0.15, 0.2) is 39.4 Å². The van der Waals surface area contributed by atoms with E-state index in [4.69, 9.17) is 10.5 Å². The highest BCUT2D eigenvalue weighted by Crippen LogP contribution is 2.29. The van der Waals surface area contributed by atoms with Crippen molar-refractivity contribution in [1.29, 1.82) is 0 Å². The van der Waals surface area contributed by atoms with Gasteiger partial charge in [0, 0.05) is 15.1 Å². The first-order valence-electron chi connectivity index (χ1n) is 6.32. The van der Waals surface area contributed by atoms with Crippen molar-refractivity contribution in [3.05, 3.63) is 56.2 Å². The van der Waals surface area contributed by atoms with Crippen LogP contribution in [-0.2, 0) is 13.0 Å². The maximum absolute atomic E-state index is 5.95. The van der Waals surface area contributed by atoms with Gasteiger partial charge in [-0.3, -0.25) is 4.98 Å². The molecule has 0 saturated carbocycles. The van der Waals surface area contributed by atoms with E-state index in [0.717, 1.165) is 37.9 Å². The third-order valence-electron chi connectivity index (χ3n) is 2.88. The van der Waals surface area contributed by atoms with Crippen LogP contribution in [0.5, 0.6) is 5.75 Å². The van der Waals surface area contributed by atoms with Crippen LogP contribution in [0, 0.1) is 6.92 Å². The fourth-order valence-electron chi connectivity index (χ4n) is 1.98. The molecule has 5 heteroatoms. The fraction of sp³-hybridized carbons (Fsp3) is 0.267. The fourth-order valence-corrected chi connectivity index (χ4v) is 2.84. The predicted octanol–water partition coefficient (Wildman–Crippen LogP) is 4.00. The molecule has 0 unspecified atom stereocenters. The van der Waals surface area contributed by atoms with Crippen LogP contribution in [-0.4, -0.2) is 11.5 Å². The monoisotopic (exact) mass is 398 g/mol. The minimum Gasteiger partial charge on any atom is -0.487 e. The first-order valence-corrected chi connectivity index (χ1v) is 7.91. The Kier molecular flexibility index (Phi) is 5.57. The van der Waals surface area contributed by atoms with E-state index in [2.05, 4.69) is 42.9 Å². The number of hydrogen-bond acceptors (Lipinski definition) is 3. The van der Waals surface area contributed by atoms with E-state index in [1.54, 1.807) is 6.20 Å². The molecule has 0 amide bonds. The van der Waals surface area contributed by atoms with Crippen LogP contribution in [0.25, 0.3) is 0 Å². The van der Waals surface area contributed by atoms with Crippen molar-refractivity contribution in [2.75, 3.05) is 6.54 Å². The summed E-state index contributed by atoms with van der Waals surface area (Å²) in [6.07, 6.45) is 2.57. The molecule has 20 heavy (non-hydrogen) atoms. The highest BCUT2D eigenvalue weighted by atomic mass is 79.9. The lowest BCUT2D eigenvalue weighted by molar-refractivity contribution is 0.296. The lowest BCUT2D eigenvalue weighted by Crippen LogP contribution is -2.07. The number of rotatable bonds is 5. The molecular formula is C15H16Br2N2O. The molecular weight excluding hydrogens is 384 g/mol. The summed E-state index contributed by atoms with van der Waals surface area (Å²) in [5.41, 5.74) is 8.78. The Morgan fingerprint density at radius 2 is 2.00 bits per heavy atom. The van der Waals surface area contributed by atoms with Crippen LogP contribution in [0.3, 0.4) is 0 Å². The molecule has 0 aliphatic heterocycles. The summed E-state index contributed by atoms with van der Waals surface area (Å²) in [5, 5.41) is 0. The second-order valence-electron chi connectivity index (χ2n) is 4.51. The Morgan fingerprint density at radius 1 is 1.20 bits per heavy atom. The molecule has 0 radical (unpaired) electrons. The van der Waals surface area contributed by atoms with Gasteiger partial charge in [-0.05, 0) is 71.2 Å². The number of benzene rings is 1. The van der Waals surface area contributed by atoms with Crippen molar-refractivity contribution in [1.82, 2.24) is 4.98 Å². The van der Waals surface area contributed by atoms with E-state index in [-0.39, 0.29) is 0 Å². The first-order chi connectivity index (χ1) is 9.60. The van der Waals surface area contributed by atoms with Gasteiger partial charge in [-0.2, -0.15) is 0 Å². The molecule has 0 bridgehead atoms. The Labute approximate surface area is 135 Å². The Bertz CT molecular complexity index is 585. The van der Waals surface area contributed by atoms with Crippen LogP contribution < -0.4 is 10.5 Å². The average molecular weight is 400 g/mol. The molecule has 3 nitrogen and oxygen atoms in total. The zero-order valence-electron chi connectivity index (χ0n) is 11.2. The highest BCUT2D eigenvalue weighted by molar-refractivity contribution is 9.10. The molecule has 2 N–H and O–H groups in total. The first kappa shape index (κ1) is 15.5. The quantitative estimate of drug-likeness (QED) is 0.826. The van der Waals surface area contributed by atoms with Crippen molar-refractivity contribution in [2.45, 2.75) is 20.0 Å². The van der Waals surface area contributed by atoms with Gasteiger partial charge in [0.2, 0.25) is 0 Å². The molecule has 0 aliphatic rings. The van der Waals surface area contributed by atoms with Gasteiger partial charge >= 0.3 is 0 Å². The number of pyridine rings is 1. The summed E-state index contributed by atoms with van der Waals surface area (Å²) in [6, 6.07) is 8.01. The minimum absolute atomic E-state index is 0.452. The van der Waals surface area contributed by atoms with E-state index >= 15 is 0 Å². The van der Waals surface area contributed by atoms with Crippen LogP contribution in [0.2, 0.25) is 0 Å². The molecule has 0 saturated heterocycles. The zero-order chi connectivity index (χ0) is 14.5. The lowest BCUT2D eigenvalue weighted by atomic mass is 10.1. The number of ether oxygens (including phenoxy) is 1. The molecule has 1 heterocycles. The van der Waals surface area contributed by atoms with Gasteiger partial charge in [0.15, 0.2) is 0 Å². The van der Waals surface area contributed by atoms with E-state index in [0.29, 0.717) is 13.2 Å². The Hall–Kier alpha value is -0.910. The predicted molar refractivity (Wildman–Crippen MR) is 87.9 cm³/mol. The minimum atomic E-state index is 0.452. The van der Waals surface area contributed by atoms with Crippen LogP contribution >= 0.6 is 31.9 Å². The third-order valence-corrected chi connectivity index (χ3v) is 3.81. The van der Waals surface area contributed by atoms with E-state index < -0.39 is 0 Å². The van der Waals surface area contributed by atoms with Gasteiger partial charge in [-0.1, -0.05) is 15.9 Å². The lowest BCUT2D eigenvalue weighted by Gasteiger charge is -2.14. The standard InChI is InChI=1S/C15H16Br2N2O/c1-10-6-13(17)7-11(4-5-18)15(10)20-9-14-3-2-12(16)8-19-14/h2-3,6-8H,4-5,9,18H2,1H3. The molecule has 2 rings (SSSR count). The Balaban J connectivity index is 2.17.